The lowest BCUT2D eigenvalue weighted by Gasteiger charge is -2.37. The van der Waals surface area contributed by atoms with Gasteiger partial charge in [0.1, 0.15) is 17.9 Å². The normalized spacial score (nSPS) is 19.1. The fourth-order valence-electron chi connectivity index (χ4n) is 4.01. The number of ether oxygens (including phenoxy) is 1. The zero-order valence-electron chi connectivity index (χ0n) is 17.1. The van der Waals surface area contributed by atoms with Gasteiger partial charge in [-0.25, -0.2) is 0 Å². The van der Waals surface area contributed by atoms with E-state index in [-0.39, 0.29) is 43.1 Å². The first-order valence-corrected chi connectivity index (χ1v) is 10.1. The molecule has 2 aliphatic heterocycles. The fourth-order valence-corrected chi connectivity index (χ4v) is 4.01. The van der Waals surface area contributed by atoms with Crippen molar-refractivity contribution in [2.75, 3.05) is 16.8 Å². The number of hydrogen-bond acceptors (Lipinski definition) is 4. The van der Waals surface area contributed by atoms with Crippen LogP contribution < -0.4 is 20.3 Å². The second kappa shape index (κ2) is 7.82. The zero-order chi connectivity index (χ0) is 21.3. The van der Waals surface area contributed by atoms with Crippen molar-refractivity contribution in [1.82, 2.24) is 5.32 Å². The van der Waals surface area contributed by atoms with Gasteiger partial charge in [0, 0.05) is 24.8 Å². The molecule has 156 valence electrons. The first kappa shape index (κ1) is 19.9. The molecule has 2 aromatic rings. The molecule has 2 heterocycles. The number of carbonyl (C=O) groups is 3. The number of benzene rings is 2. The number of rotatable bonds is 4. The largest absolute Gasteiger partial charge is 0.487 e. The third-order valence-corrected chi connectivity index (χ3v) is 5.35. The minimum Gasteiger partial charge on any atom is -0.487 e. The van der Waals surface area contributed by atoms with Crippen LogP contribution in [0.5, 0.6) is 5.75 Å². The summed E-state index contributed by atoms with van der Waals surface area (Å²) in [4.78, 5) is 38.7. The van der Waals surface area contributed by atoms with Gasteiger partial charge < -0.3 is 20.3 Å². The van der Waals surface area contributed by atoms with Crippen LogP contribution in [0.4, 0.5) is 11.4 Å². The summed E-state index contributed by atoms with van der Waals surface area (Å²) >= 11 is 0. The van der Waals surface area contributed by atoms with Crippen LogP contribution in [0.3, 0.4) is 0 Å². The molecule has 3 amide bonds. The number of anilines is 2. The van der Waals surface area contributed by atoms with E-state index in [1.165, 1.54) is 4.90 Å². The van der Waals surface area contributed by atoms with Crippen molar-refractivity contribution in [3.63, 3.8) is 0 Å². The van der Waals surface area contributed by atoms with Crippen LogP contribution in [0.2, 0.25) is 0 Å². The van der Waals surface area contributed by atoms with E-state index in [0.29, 0.717) is 17.8 Å². The minimum absolute atomic E-state index is 0.0295. The van der Waals surface area contributed by atoms with E-state index in [0.717, 1.165) is 11.3 Å². The molecule has 0 bridgehead atoms. The molecule has 0 saturated heterocycles. The summed E-state index contributed by atoms with van der Waals surface area (Å²) in [5.41, 5.74) is 1.81. The molecule has 2 N–H and O–H groups in total. The number of carbonyl (C=O) groups excluding carboxylic acids is 3. The first-order valence-electron chi connectivity index (χ1n) is 10.1. The van der Waals surface area contributed by atoms with E-state index in [2.05, 4.69) is 10.6 Å². The van der Waals surface area contributed by atoms with Crippen molar-refractivity contribution < 1.29 is 19.1 Å². The van der Waals surface area contributed by atoms with Crippen LogP contribution in [0.25, 0.3) is 0 Å². The molecule has 0 aromatic heterocycles. The Balaban J connectivity index is 1.40. The van der Waals surface area contributed by atoms with Crippen LogP contribution in [-0.4, -0.2) is 29.9 Å². The first-order chi connectivity index (χ1) is 14.3. The molecular formula is C23H25N3O4. The third kappa shape index (κ3) is 4.15. The summed E-state index contributed by atoms with van der Waals surface area (Å²) in [6.07, 6.45) is 0.726. The topological polar surface area (TPSA) is 87.7 Å². The molecule has 7 heteroatoms. The quantitative estimate of drug-likeness (QED) is 0.815. The highest BCUT2D eigenvalue weighted by atomic mass is 16.5. The lowest BCUT2D eigenvalue weighted by molar-refractivity contribution is -0.126. The molecule has 0 aliphatic carbocycles. The maximum Gasteiger partial charge on any atom is 0.244 e. The Morgan fingerprint density at radius 2 is 1.87 bits per heavy atom. The Hall–Kier alpha value is -3.35. The minimum atomic E-state index is -0.396. The lowest BCUT2D eigenvalue weighted by atomic mass is 9.89. The second-order valence-corrected chi connectivity index (χ2v) is 8.27. The Morgan fingerprint density at radius 1 is 1.13 bits per heavy atom. The molecule has 4 rings (SSSR count). The van der Waals surface area contributed by atoms with Crippen molar-refractivity contribution >= 4 is 29.1 Å². The number of nitrogens with zero attached hydrogens (tertiary/aromatic N) is 1. The van der Waals surface area contributed by atoms with Crippen LogP contribution in [-0.2, 0) is 14.4 Å². The van der Waals surface area contributed by atoms with Gasteiger partial charge in [0.15, 0.2) is 0 Å². The Morgan fingerprint density at radius 3 is 2.70 bits per heavy atom. The number of para-hydroxylation sites is 3. The van der Waals surface area contributed by atoms with E-state index in [4.69, 9.17) is 4.74 Å². The second-order valence-electron chi connectivity index (χ2n) is 8.27. The summed E-state index contributed by atoms with van der Waals surface area (Å²) in [7, 11) is 0. The summed E-state index contributed by atoms with van der Waals surface area (Å²) in [5, 5.41) is 5.80. The average Bonchev–Trinajstić information content (AvgIpc) is 2.70. The molecular weight excluding hydrogens is 382 g/mol. The molecule has 30 heavy (non-hydrogen) atoms. The SMILES string of the molecule is CC1(C)CC(NC(=O)CCC(=O)N2CC(=O)Nc3ccccc32)c2ccccc2O1. The van der Waals surface area contributed by atoms with Gasteiger partial charge in [0.25, 0.3) is 0 Å². The molecule has 1 unspecified atom stereocenters. The van der Waals surface area contributed by atoms with Gasteiger partial charge in [-0.05, 0) is 32.0 Å². The van der Waals surface area contributed by atoms with E-state index in [9.17, 15) is 14.4 Å². The van der Waals surface area contributed by atoms with Crippen molar-refractivity contribution in [3.8, 4) is 5.75 Å². The predicted octanol–water partition coefficient (Wildman–Crippen LogP) is 3.17. The third-order valence-electron chi connectivity index (χ3n) is 5.35. The zero-order valence-corrected chi connectivity index (χ0v) is 17.1. The highest BCUT2D eigenvalue weighted by Crippen LogP contribution is 2.39. The number of nitrogens with one attached hydrogen (secondary N) is 2. The maximum absolute atomic E-state index is 12.8. The molecule has 2 aromatic carbocycles. The van der Waals surface area contributed by atoms with Gasteiger partial charge in [0.2, 0.25) is 17.7 Å². The summed E-state index contributed by atoms with van der Waals surface area (Å²) < 4.78 is 6.00. The highest BCUT2D eigenvalue weighted by molar-refractivity contribution is 6.10. The van der Waals surface area contributed by atoms with Gasteiger partial charge in [-0.15, -0.1) is 0 Å². The number of amides is 3. The van der Waals surface area contributed by atoms with Crippen LogP contribution >= 0.6 is 0 Å². The smallest absolute Gasteiger partial charge is 0.244 e. The summed E-state index contributed by atoms with van der Waals surface area (Å²) in [5.74, 6) is 0.0781. The number of hydrogen-bond donors (Lipinski definition) is 2. The summed E-state index contributed by atoms with van der Waals surface area (Å²) in [6, 6.07) is 14.7. The Bertz CT molecular complexity index is 1000. The molecule has 7 nitrogen and oxygen atoms in total. The molecule has 2 aliphatic rings. The van der Waals surface area contributed by atoms with Crippen molar-refractivity contribution in [2.24, 2.45) is 0 Å². The van der Waals surface area contributed by atoms with Gasteiger partial charge in [0.05, 0.1) is 17.4 Å². The Labute approximate surface area is 175 Å². The monoisotopic (exact) mass is 407 g/mol. The van der Waals surface area contributed by atoms with Crippen molar-refractivity contribution in [2.45, 2.75) is 44.8 Å². The van der Waals surface area contributed by atoms with E-state index < -0.39 is 5.60 Å². The Kier molecular flexibility index (Phi) is 5.20. The standard InChI is InChI=1S/C23H25N3O4/c1-23(2)13-17(15-7-3-6-10-19(15)30-23)25-20(27)11-12-22(29)26-14-21(28)24-16-8-4-5-9-18(16)26/h3-10,17H,11-14H2,1-2H3,(H,24,28)(H,25,27). The van der Waals surface area contributed by atoms with Gasteiger partial charge in [-0.1, -0.05) is 30.3 Å². The number of fused-ring (bicyclic) bond motifs is 2. The van der Waals surface area contributed by atoms with Gasteiger partial charge in [-0.3, -0.25) is 14.4 Å². The molecule has 0 spiro atoms. The molecule has 0 fully saturated rings. The fraction of sp³-hybridized carbons (Fsp3) is 0.348. The molecule has 0 radical (unpaired) electrons. The molecule has 0 saturated carbocycles. The highest BCUT2D eigenvalue weighted by Gasteiger charge is 2.34. The van der Waals surface area contributed by atoms with Crippen molar-refractivity contribution in [3.05, 3.63) is 54.1 Å². The average molecular weight is 407 g/mol. The molecule has 1 atom stereocenters. The summed E-state index contributed by atoms with van der Waals surface area (Å²) in [6.45, 7) is 3.94. The van der Waals surface area contributed by atoms with E-state index >= 15 is 0 Å². The lowest BCUT2D eigenvalue weighted by Crippen LogP contribution is -2.43. The van der Waals surface area contributed by atoms with E-state index in [1.807, 2.05) is 44.2 Å². The van der Waals surface area contributed by atoms with Gasteiger partial charge >= 0.3 is 0 Å². The van der Waals surface area contributed by atoms with E-state index in [1.54, 1.807) is 18.2 Å². The van der Waals surface area contributed by atoms with Gasteiger partial charge in [-0.2, -0.15) is 0 Å². The van der Waals surface area contributed by atoms with Crippen molar-refractivity contribution in [1.29, 1.82) is 0 Å². The van der Waals surface area contributed by atoms with Crippen LogP contribution in [0.1, 0.15) is 44.7 Å². The predicted molar refractivity (Wildman–Crippen MR) is 113 cm³/mol. The van der Waals surface area contributed by atoms with Crippen LogP contribution in [0, 0.1) is 0 Å². The maximum atomic E-state index is 12.8. The van der Waals surface area contributed by atoms with Crippen LogP contribution in [0.15, 0.2) is 48.5 Å².